The molecule has 174 valence electrons. The lowest BCUT2D eigenvalue weighted by Gasteiger charge is -2.08. The van der Waals surface area contributed by atoms with Crippen LogP contribution in [0.3, 0.4) is 0 Å². The number of hydrogen-bond acceptors (Lipinski definition) is 0. The van der Waals surface area contributed by atoms with E-state index in [0.717, 1.165) is 58.4 Å². The zero-order chi connectivity index (χ0) is 24.6. The molecule has 4 heteroatoms. The molecule has 2 aliphatic carbocycles. The molecule has 0 N–H and O–H groups in total. The predicted octanol–water partition coefficient (Wildman–Crippen LogP) is 8.72. The van der Waals surface area contributed by atoms with Crippen LogP contribution >= 0.6 is 0 Å². The highest BCUT2D eigenvalue weighted by Crippen LogP contribution is 2.46. The normalized spacial score (nSPS) is 12.8. The SMILES string of the molecule is Fc1cc(F)cc(-c2ccc3c(c2)Cc2cc4c(cc2-3)Cc2cc(-c3cc(F)cc(F)c3)ccc2-4)c1. The van der Waals surface area contributed by atoms with Gasteiger partial charge in [0.05, 0.1) is 0 Å². The van der Waals surface area contributed by atoms with Crippen LogP contribution in [-0.2, 0) is 12.8 Å². The Morgan fingerprint density at radius 2 is 0.694 bits per heavy atom. The average molecular weight is 478 g/mol. The van der Waals surface area contributed by atoms with E-state index >= 15 is 0 Å². The van der Waals surface area contributed by atoms with Crippen LogP contribution in [0.2, 0.25) is 0 Å². The highest BCUT2D eigenvalue weighted by atomic mass is 19.1. The second kappa shape index (κ2) is 7.66. The molecule has 0 saturated heterocycles. The Kier molecular flexibility index (Phi) is 4.50. The van der Waals surface area contributed by atoms with Gasteiger partial charge in [0.25, 0.3) is 0 Å². The van der Waals surface area contributed by atoms with E-state index < -0.39 is 23.3 Å². The smallest absolute Gasteiger partial charge is 0.126 e. The summed E-state index contributed by atoms with van der Waals surface area (Å²) in [5, 5.41) is 0. The van der Waals surface area contributed by atoms with Gasteiger partial charge < -0.3 is 0 Å². The Labute approximate surface area is 205 Å². The Bertz CT molecular complexity index is 1560. The lowest BCUT2D eigenvalue weighted by molar-refractivity contribution is 0.583. The van der Waals surface area contributed by atoms with Crippen LogP contribution in [0.4, 0.5) is 17.6 Å². The Morgan fingerprint density at radius 3 is 1.08 bits per heavy atom. The topological polar surface area (TPSA) is 0 Å². The van der Waals surface area contributed by atoms with Gasteiger partial charge in [-0.05, 0) is 116 Å². The molecule has 5 aromatic rings. The van der Waals surface area contributed by atoms with E-state index in [0.29, 0.717) is 11.1 Å². The third-order valence-corrected chi connectivity index (χ3v) is 7.27. The van der Waals surface area contributed by atoms with E-state index in [1.807, 2.05) is 36.4 Å². The van der Waals surface area contributed by atoms with Crippen molar-refractivity contribution in [2.45, 2.75) is 12.8 Å². The molecule has 5 aromatic carbocycles. The minimum Gasteiger partial charge on any atom is -0.207 e. The van der Waals surface area contributed by atoms with Crippen molar-refractivity contribution in [1.82, 2.24) is 0 Å². The van der Waals surface area contributed by atoms with Gasteiger partial charge in [0.2, 0.25) is 0 Å². The van der Waals surface area contributed by atoms with Crippen LogP contribution < -0.4 is 0 Å². The molecular formula is C32H18F4. The fourth-order valence-corrected chi connectivity index (χ4v) is 5.70. The van der Waals surface area contributed by atoms with E-state index in [1.54, 1.807) is 0 Å². The van der Waals surface area contributed by atoms with Gasteiger partial charge >= 0.3 is 0 Å². The fourth-order valence-electron chi connectivity index (χ4n) is 5.70. The van der Waals surface area contributed by atoms with E-state index in [-0.39, 0.29) is 0 Å². The van der Waals surface area contributed by atoms with Crippen molar-refractivity contribution in [3.8, 4) is 44.5 Å². The second-order valence-corrected chi connectivity index (χ2v) is 9.58. The van der Waals surface area contributed by atoms with Crippen molar-refractivity contribution < 1.29 is 17.6 Å². The van der Waals surface area contributed by atoms with Crippen molar-refractivity contribution >= 4 is 0 Å². The first-order valence-corrected chi connectivity index (χ1v) is 11.8. The van der Waals surface area contributed by atoms with Gasteiger partial charge in [0, 0.05) is 12.1 Å². The zero-order valence-electron chi connectivity index (χ0n) is 19.0. The summed E-state index contributed by atoms with van der Waals surface area (Å²) >= 11 is 0. The molecule has 0 aliphatic heterocycles. The minimum atomic E-state index is -0.588. The summed E-state index contributed by atoms with van der Waals surface area (Å²) in [6.07, 6.45) is 1.50. The minimum absolute atomic E-state index is 0.525. The Hall–Kier alpha value is -4.18. The highest BCUT2D eigenvalue weighted by molar-refractivity contribution is 5.87. The molecule has 0 heterocycles. The maximum absolute atomic E-state index is 13.7. The Balaban J connectivity index is 1.24. The summed E-state index contributed by atoms with van der Waals surface area (Å²) in [7, 11) is 0. The quantitative estimate of drug-likeness (QED) is 0.218. The number of benzene rings is 5. The van der Waals surface area contributed by atoms with Gasteiger partial charge in [-0.25, -0.2) is 17.6 Å². The monoisotopic (exact) mass is 478 g/mol. The summed E-state index contributed by atoms with van der Waals surface area (Å²) < 4.78 is 55.0. The fraction of sp³-hybridized carbons (Fsp3) is 0.0625. The summed E-state index contributed by atoms with van der Waals surface area (Å²) in [5.41, 5.74) is 12.0. The van der Waals surface area contributed by atoms with Crippen LogP contribution in [-0.4, -0.2) is 0 Å². The van der Waals surface area contributed by atoms with Crippen molar-refractivity contribution in [1.29, 1.82) is 0 Å². The lowest BCUT2D eigenvalue weighted by Crippen LogP contribution is -1.87. The average Bonchev–Trinajstić information content (AvgIpc) is 3.37. The Morgan fingerprint density at radius 1 is 0.333 bits per heavy atom. The zero-order valence-corrected chi connectivity index (χ0v) is 19.0. The molecule has 0 atom stereocenters. The predicted molar refractivity (Wildman–Crippen MR) is 134 cm³/mol. The van der Waals surface area contributed by atoms with Crippen molar-refractivity contribution in [3.05, 3.63) is 130 Å². The highest BCUT2D eigenvalue weighted by Gasteiger charge is 2.26. The third-order valence-electron chi connectivity index (χ3n) is 7.27. The first-order valence-electron chi connectivity index (χ1n) is 11.8. The third kappa shape index (κ3) is 3.36. The van der Waals surface area contributed by atoms with Gasteiger partial charge in [-0.1, -0.05) is 36.4 Å². The molecule has 0 saturated carbocycles. The molecular weight excluding hydrogens is 460 g/mol. The molecule has 0 amide bonds. The molecule has 0 radical (unpaired) electrons. The van der Waals surface area contributed by atoms with Crippen molar-refractivity contribution in [3.63, 3.8) is 0 Å². The molecule has 0 nitrogen and oxygen atoms in total. The van der Waals surface area contributed by atoms with Gasteiger partial charge in [0.1, 0.15) is 23.3 Å². The largest absolute Gasteiger partial charge is 0.207 e. The van der Waals surface area contributed by atoms with Gasteiger partial charge in [-0.15, -0.1) is 0 Å². The van der Waals surface area contributed by atoms with Crippen LogP contribution in [0.25, 0.3) is 44.5 Å². The number of halogens is 4. The maximum atomic E-state index is 13.7. The van der Waals surface area contributed by atoms with Crippen molar-refractivity contribution in [2.75, 3.05) is 0 Å². The summed E-state index contributed by atoms with van der Waals surface area (Å²) in [5.74, 6) is -2.35. The molecule has 0 spiro atoms. The van der Waals surface area contributed by atoms with Gasteiger partial charge in [0.15, 0.2) is 0 Å². The number of rotatable bonds is 2. The van der Waals surface area contributed by atoms with E-state index in [4.69, 9.17) is 0 Å². The number of fused-ring (bicyclic) bond motifs is 6. The van der Waals surface area contributed by atoms with Crippen molar-refractivity contribution in [2.24, 2.45) is 0 Å². The maximum Gasteiger partial charge on any atom is 0.126 e. The van der Waals surface area contributed by atoms with Gasteiger partial charge in [-0.3, -0.25) is 0 Å². The summed E-state index contributed by atoms with van der Waals surface area (Å²) in [6, 6.07) is 23.6. The van der Waals surface area contributed by atoms with Crippen LogP contribution in [0.5, 0.6) is 0 Å². The molecule has 7 rings (SSSR count). The van der Waals surface area contributed by atoms with E-state index in [9.17, 15) is 17.6 Å². The van der Waals surface area contributed by atoms with Gasteiger partial charge in [-0.2, -0.15) is 0 Å². The standard InChI is InChI=1S/C32H18F4/c33-25-9-19(10-26(34)15-25)17-1-3-29-21(5-17)7-23-14-32-24(13-31(23)29)8-22-6-18(2-4-30(22)32)20-11-27(35)16-28(36)12-20/h1-6,9-16H,7-8H2. The van der Waals surface area contributed by atoms with E-state index in [1.165, 1.54) is 46.5 Å². The second-order valence-electron chi connectivity index (χ2n) is 9.58. The lowest BCUT2D eigenvalue weighted by atomic mass is 9.96. The first-order chi connectivity index (χ1) is 17.4. The molecule has 0 unspecified atom stereocenters. The first kappa shape index (κ1) is 21.1. The molecule has 36 heavy (non-hydrogen) atoms. The number of hydrogen-bond donors (Lipinski definition) is 0. The molecule has 2 aliphatic rings. The summed E-state index contributed by atoms with van der Waals surface area (Å²) in [4.78, 5) is 0. The van der Waals surface area contributed by atoms with Crippen LogP contribution in [0, 0.1) is 23.3 Å². The molecule has 0 aromatic heterocycles. The van der Waals surface area contributed by atoms with Crippen LogP contribution in [0.15, 0.2) is 84.9 Å². The van der Waals surface area contributed by atoms with Crippen LogP contribution in [0.1, 0.15) is 22.3 Å². The summed E-state index contributed by atoms with van der Waals surface area (Å²) in [6.45, 7) is 0. The van der Waals surface area contributed by atoms with E-state index in [2.05, 4.69) is 12.1 Å². The molecule has 0 fully saturated rings. The molecule has 0 bridgehead atoms.